The molecule has 19 heavy (non-hydrogen) atoms. The second-order valence-electron chi connectivity index (χ2n) is 4.42. The highest BCUT2D eigenvalue weighted by Crippen LogP contribution is 2.26. The van der Waals surface area contributed by atoms with Gasteiger partial charge in [-0.15, -0.1) is 5.10 Å². The Labute approximate surface area is 116 Å². The SMILES string of the molecule is CCCC(Sc1n[nH]c(=O)n1C(C)C)C(=O)OCC. The lowest BCUT2D eigenvalue weighted by molar-refractivity contribution is -0.142. The molecule has 1 unspecified atom stereocenters. The number of rotatable bonds is 7. The predicted molar refractivity (Wildman–Crippen MR) is 74.4 cm³/mol. The highest BCUT2D eigenvalue weighted by atomic mass is 32.2. The van der Waals surface area contributed by atoms with Crippen molar-refractivity contribution < 1.29 is 9.53 Å². The van der Waals surface area contributed by atoms with Crippen LogP contribution < -0.4 is 5.69 Å². The van der Waals surface area contributed by atoms with Gasteiger partial charge in [0.25, 0.3) is 0 Å². The Hall–Kier alpha value is -1.24. The van der Waals surface area contributed by atoms with Crippen LogP contribution in [0, 0.1) is 0 Å². The summed E-state index contributed by atoms with van der Waals surface area (Å²) in [6.07, 6.45) is 1.56. The van der Waals surface area contributed by atoms with Gasteiger partial charge in [0.1, 0.15) is 5.25 Å². The number of nitrogens with zero attached hydrogens (tertiary/aromatic N) is 2. The zero-order valence-electron chi connectivity index (χ0n) is 11.8. The average molecular weight is 287 g/mol. The van der Waals surface area contributed by atoms with Crippen LogP contribution in [0.5, 0.6) is 0 Å². The van der Waals surface area contributed by atoms with E-state index in [-0.39, 0.29) is 23.0 Å². The van der Waals surface area contributed by atoms with E-state index in [1.54, 1.807) is 11.5 Å². The molecule has 0 spiro atoms. The number of hydrogen-bond acceptors (Lipinski definition) is 5. The first-order valence-corrected chi connectivity index (χ1v) is 7.39. The van der Waals surface area contributed by atoms with Crippen LogP contribution in [0.4, 0.5) is 0 Å². The predicted octanol–water partition coefficient (Wildman–Crippen LogP) is 1.98. The van der Waals surface area contributed by atoms with Crippen LogP contribution in [0.2, 0.25) is 0 Å². The lowest BCUT2D eigenvalue weighted by Crippen LogP contribution is -2.23. The van der Waals surface area contributed by atoms with Crippen LogP contribution in [0.25, 0.3) is 0 Å². The van der Waals surface area contributed by atoms with Gasteiger partial charge in [0.15, 0.2) is 5.16 Å². The molecule has 0 aliphatic heterocycles. The van der Waals surface area contributed by atoms with Crippen molar-refractivity contribution in [3.05, 3.63) is 10.5 Å². The lowest BCUT2D eigenvalue weighted by atomic mass is 10.2. The minimum absolute atomic E-state index is 0.00165. The molecule has 1 atom stereocenters. The fraction of sp³-hybridized carbons (Fsp3) is 0.750. The summed E-state index contributed by atoms with van der Waals surface area (Å²) in [7, 11) is 0. The molecule has 0 bridgehead atoms. The van der Waals surface area contributed by atoms with E-state index in [1.807, 2.05) is 20.8 Å². The third-order valence-corrected chi connectivity index (χ3v) is 3.75. The number of thioether (sulfide) groups is 1. The smallest absolute Gasteiger partial charge is 0.344 e. The minimum atomic E-state index is -0.322. The Bertz CT molecular complexity index is 467. The topological polar surface area (TPSA) is 77.0 Å². The largest absolute Gasteiger partial charge is 0.465 e. The third-order valence-electron chi connectivity index (χ3n) is 2.54. The van der Waals surface area contributed by atoms with Crippen molar-refractivity contribution in [3.63, 3.8) is 0 Å². The number of H-pyrrole nitrogens is 1. The Morgan fingerprint density at radius 3 is 2.68 bits per heavy atom. The first kappa shape index (κ1) is 15.8. The monoisotopic (exact) mass is 287 g/mol. The van der Waals surface area contributed by atoms with Crippen molar-refractivity contribution >= 4 is 17.7 Å². The summed E-state index contributed by atoms with van der Waals surface area (Å²) >= 11 is 1.28. The van der Waals surface area contributed by atoms with Gasteiger partial charge in [-0.1, -0.05) is 25.1 Å². The van der Waals surface area contributed by atoms with E-state index in [1.165, 1.54) is 11.8 Å². The molecule has 0 radical (unpaired) electrons. The molecule has 108 valence electrons. The highest BCUT2D eigenvalue weighted by Gasteiger charge is 2.24. The van der Waals surface area contributed by atoms with Gasteiger partial charge in [-0.25, -0.2) is 9.89 Å². The van der Waals surface area contributed by atoms with Crippen LogP contribution in [0.3, 0.4) is 0 Å². The Morgan fingerprint density at radius 1 is 1.47 bits per heavy atom. The maximum atomic E-state index is 11.9. The molecule has 1 rings (SSSR count). The molecule has 1 N–H and O–H groups in total. The number of aromatic nitrogens is 3. The van der Waals surface area contributed by atoms with Gasteiger partial charge in [0.2, 0.25) is 0 Å². The molecule has 0 aromatic carbocycles. The highest BCUT2D eigenvalue weighted by molar-refractivity contribution is 8.00. The quantitative estimate of drug-likeness (QED) is 0.613. The number of aromatic amines is 1. The van der Waals surface area contributed by atoms with Crippen molar-refractivity contribution in [2.24, 2.45) is 0 Å². The zero-order chi connectivity index (χ0) is 14.4. The number of carbonyl (C=O) groups excluding carboxylic acids is 1. The van der Waals surface area contributed by atoms with E-state index < -0.39 is 0 Å². The number of carbonyl (C=O) groups is 1. The lowest BCUT2D eigenvalue weighted by Gasteiger charge is -2.15. The number of nitrogens with one attached hydrogen (secondary N) is 1. The maximum Gasteiger partial charge on any atom is 0.344 e. The van der Waals surface area contributed by atoms with Crippen LogP contribution in [-0.4, -0.2) is 32.6 Å². The van der Waals surface area contributed by atoms with Gasteiger partial charge in [-0.3, -0.25) is 9.36 Å². The normalized spacial score (nSPS) is 12.7. The van der Waals surface area contributed by atoms with E-state index in [4.69, 9.17) is 4.74 Å². The average Bonchev–Trinajstić information content (AvgIpc) is 2.70. The summed E-state index contributed by atoms with van der Waals surface area (Å²) in [4.78, 5) is 23.5. The Kier molecular flexibility index (Phi) is 6.14. The molecule has 1 aromatic rings. The van der Waals surface area contributed by atoms with Crippen LogP contribution in [-0.2, 0) is 9.53 Å². The van der Waals surface area contributed by atoms with Crippen molar-refractivity contribution in [1.82, 2.24) is 14.8 Å². The molecule has 0 aliphatic rings. The maximum absolute atomic E-state index is 11.9. The van der Waals surface area contributed by atoms with E-state index in [0.29, 0.717) is 18.2 Å². The Morgan fingerprint density at radius 2 is 2.16 bits per heavy atom. The molecule has 1 aromatic heterocycles. The summed E-state index contributed by atoms with van der Waals surface area (Å²) in [5.74, 6) is -0.250. The summed E-state index contributed by atoms with van der Waals surface area (Å²) in [6.45, 7) is 7.95. The fourth-order valence-electron chi connectivity index (χ4n) is 1.68. The molecular weight excluding hydrogens is 266 g/mol. The molecule has 0 amide bonds. The first-order valence-electron chi connectivity index (χ1n) is 6.51. The van der Waals surface area contributed by atoms with Gasteiger partial charge in [-0.2, -0.15) is 0 Å². The van der Waals surface area contributed by atoms with Crippen molar-refractivity contribution in [1.29, 1.82) is 0 Å². The van der Waals surface area contributed by atoms with Gasteiger partial charge in [-0.05, 0) is 27.2 Å². The van der Waals surface area contributed by atoms with Gasteiger partial charge < -0.3 is 4.74 Å². The summed E-state index contributed by atoms with van der Waals surface area (Å²) in [5.41, 5.74) is -0.253. The summed E-state index contributed by atoms with van der Waals surface area (Å²) in [6, 6.07) is -0.00165. The minimum Gasteiger partial charge on any atom is -0.465 e. The molecule has 0 aliphatic carbocycles. The molecule has 0 saturated heterocycles. The van der Waals surface area contributed by atoms with Crippen LogP contribution in [0.1, 0.15) is 46.6 Å². The van der Waals surface area contributed by atoms with Crippen molar-refractivity contribution in [3.8, 4) is 0 Å². The number of esters is 1. The standard InChI is InChI=1S/C12H21N3O3S/c1-5-7-9(10(16)18-6-2)19-12-14-13-11(17)15(12)8(3)4/h8-9H,5-7H2,1-4H3,(H,13,17). The second kappa shape index (κ2) is 7.37. The number of ether oxygens (including phenoxy) is 1. The van der Waals surface area contributed by atoms with E-state index in [9.17, 15) is 9.59 Å². The van der Waals surface area contributed by atoms with Crippen molar-refractivity contribution in [2.75, 3.05) is 6.61 Å². The second-order valence-corrected chi connectivity index (χ2v) is 5.59. The van der Waals surface area contributed by atoms with Gasteiger partial charge in [0, 0.05) is 6.04 Å². The summed E-state index contributed by atoms with van der Waals surface area (Å²) in [5, 5.41) is 6.62. The van der Waals surface area contributed by atoms with E-state index in [0.717, 1.165) is 6.42 Å². The van der Waals surface area contributed by atoms with Gasteiger partial charge in [0.05, 0.1) is 6.61 Å². The van der Waals surface area contributed by atoms with E-state index in [2.05, 4.69) is 10.2 Å². The molecule has 1 heterocycles. The molecule has 0 fully saturated rings. The third kappa shape index (κ3) is 4.12. The summed E-state index contributed by atoms with van der Waals surface area (Å²) < 4.78 is 6.60. The van der Waals surface area contributed by atoms with E-state index >= 15 is 0 Å². The molecule has 7 heteroatoms. The van der Waals surface area contributed by atoms with Crippen LogP contribution >= 0.6 is 11.8 Å². The van der Waals surface area contributed by atoms with Crippen LogP contribution in [0.15, 0.2) is 9.95 Å². The molecule has 0 saturated carbocycles. The molecular formula is C12H21N3O3S. The van der Waals surface area contributed by atoms with Crippen molar-refractivity contribution in [2.45, 2.75) is 57.0 Å². The zero-order valence-corrected chi connectivity index (χ0v) is 12.6. The van der Waals surface area contributed by atoms with Gasteiger partial charge >= 0.3 is 11.7 Å². The first-order chi connectivity index (χ1) is 9.01. The fourth-order valence-corrected chi connectivity index (χ4v) is 2.96. The Balaban J connectivity index is 2.90. The number of hydrogen-bond donors (Lipinski definition) is 1. The molecule has 6 nitrogen and oxygen atoms in total.